The highest BCUT2D eigenvalue weighted by atomic mass is 32.1. The average molecular weight is 463 g/mol. The molecule has 4 N–H and O–H groups in total. The van der Waals surface area contributed by atoms with Gasteiger partial charge in [0.2, 0.25) is 5.91 Å². The zero-order chi connectivity index (χ0) is 23.0. The first kappa shape index (κ1) is 22.4. The fraction of sp³-hybridized carbons (Fsp3) is 0.200. The van der Waals surface area contributed by atoms with Crippen LogP contribution in [0.1, 0.15) is 21.9 Å². The maximum atomic E-state index is 12.4. The third-order valence-corrected chi connectivity index (χ3v) is 6.39. The van der Waals surface area contributed by atoms with Crippen LogP contribution in [0.3, 0.4) is 0 Å². The number of rotatable bonds is 9. The highest BCUT2D eigenvalue weighted by Crippen LogP contribution is 2.32. The smallest absolute Gasteiger partial charge is 0.315 e. The highest BCUT2D eigenvalue weighted by molar-refractivity contribution is 7.10. The van der Waals surface area contributed by atoms with Gasteiger partial charge >= 0.3 is 6.03 Å². The molecule has 2 aromatic heterocycles. The molecule has 1 unspecified atom stereocenters. The number of hydrogen-bond donors (Lipinski definition) is 4. The number of thiophene rings is 1. The molecule has 0 aliphatic rings. The van der Waals surface area contributed by atoms with Crippen LogP contribution in [0.15, 0.2) is 72.2 Å². The second-order valence-electron chi connectivity index (χ2n) is 7.55. The minimum absolute atomic E-state index is 0.01000. The van der Waals surface area contributed by atoms with E-state index in [0.717, 1.165) is 32.7 Å². The van der Waals surface area contributed by atoms with Crippen LogP contribution in [-0.4, -0.2) is 37.1 Å². The predicted molar refractivity (Wildman–Crippen MR) is 131 cm³/mol. The molecular weight excluding hydrogens is 436 g/mol. The predicted octanol–water partition coefficient (Wildman–Crippen LogP) is 3.99. The van der Waals surface area contributed by atoms with Crippen molar-refractivity contribution in [1.82, 2.24) is 20.9 Å². The summed E-state index contributed by atoms with van der Waals surface area (Å²) in [6.07, 6.45) is 2.00. The number of para-hydroxylation sites is 1. The second kappa shape index (κ2) is 10.7. The Bertz CT molecular complexity index is 1200. The number of fused-ring (bicyclic) bond motifs is 1. The lowest BCUT2D eigenvalue weighted by atomic mass is 9.97. The summed E-state index contributed by atoms with van der Waals surface area (Å²) in [7, 11) is 1.61. The van der Waals surface area contributed by atoms with E-state index in [1.165, 1.54) is 0 Å². The third kappa shape index (κ3) is 5.72. The Morgan fingerprint density at radius 2 is 1.82 bits per heavy atom. The molecule has 2 aromatic carbocycles. The van der Waals surface area contributed by atoms with Crippen molar-refractivity contribution in [3.05, 3.63) is 88.2 Å². The molecule has 170 valence electrons. The van der Waals surface area contributed by atoms with E-state index >= 15 is 0 Å². The lowest BCUT2D eigenvalue weighted by Crippen LogP contribution is -2.43. The summed E-state index contributed by atoms with van der Waals surface area (Å²) in [5.74, 6) is 0.514. The van der Waals surface area contributed by atoms with Gasteiger partial charge in [0.25, 0.3) is 0 Å². The summed E-state index contributed by atoms with van der Waals surface area (Å²) in [5, 5.41) is 11.5. The SMILES string of the molecule is COc1ccc(CNC(=O)CNC(=O)NCC(c2cccs2)c2c[nH]c3ccccc23)cc1. The largest absolute Gasteiger partial charge is 0.497 e. The number of hydrogen-bond acceptors (Lipinski definition) is 4. The molecular formula is C25H26N4O3S. The normalized spacial score (nSPS) is 11.7. The van der Waals surface area contributed by atoms with E-state index in [9.17, 15) is 9.59 Å². The lowest BCUT2D eigenvalue weighted by Gasteiger charge is -2.16. The van der Waals surface area contributed by atoms with Gasteiger partial charge in [0.15, 0.2) is 0 Å². The van der Waals surface area contributed by atoms with Crippen LogP contribution in [0.4, 0.5) is 4.79 Å². The number of methoxy groups -OCH3 is 1. The maximum Gasteiger partial charge on any atom is 0.315 e. The van der Waals surface area contributed by atoms with E-state index in [1.54, 1.807) is 18.4 Å². The molecule has 1 atom stereocenters. The Balaban J connectivity index is 1.29. The molecule has 33 heavy (non-hydrogen) atoms. The molecule has 4 rings (SSSR count). The van der Waals surface area contributed by atoms with Crippen LogP contribution in [0, 0.1) is 0 Å². The van der Waals surface area contributed by atoms with Gasteiger partial charge in [-0.1, -0.05) is 36.4 Å². The van der Waals surface area contributed by atoms with Crippen LogP contribution >= 0.6 is 11.3 Å². The van der Waals surface area contributed by atoms with Gasteiger partial charge in [0.1, 0.15) is 5.75 Å². The number of aromatic amines is 1. The molecule has 0 saturated carbocycles. The quantitative estimate of drug-likeness (QED) is 0.303. The van der Waals surface area contributed by atoms with Crippen LogP contribution in [0.2, 0.25) is 0 Å². The summed E-state index contributed by atoms with van der Waals surface area (Å²) in [4.78, 5) is 29.0. The zero-order valence-electron chi connectivity index (χ0n) is 18.3. The van der Waals surface area contributed by atoms with Gasteiger partial charge in [0.05, 0.1) is 13.7 Å². The number of urea groups is 1. The van der Waals surface area contributed by atoms with Gasteiger partial charge in [-0.3, -0.25) is 4.79 Å². The van der Waals surface area contributed by atoms with Gasteiger partial charge < -0.3 is 25.7 Å². The van der Waals surface area contributed by atoms with Crippen LogP contribution in [0.25, 0.3) is 10.9 Å². The van der Waals surface area contributed by atoms with E-state index in [2.05, 4.69) is 33.1 Å². The number of amides is 3. The number of carbonyl (C=O) groups excluding carboxylic acids is 2. The Morgan fingerprint density at radius 1 is 1.00 bits per heavy atom. The van der Waals surface area contributed by atoms with Crippen molar-refractivity contribution in [3.63, 3.8) is 0 Å². The lowest BCUT2D eigenvalue weighted by molar-refractivity contribution is -0.120. The minimum atomic E-state index is -0.379. The second-order valence-corrected chi connectivity index (χ2v) is 8.53. The number of carbonyl (C=O) groups is 2. The summed E-state index contributed by atoms with van der Waals surface area (Å²) in [6, 6.07) is 19.3. The van der Waals surface area contributed by atoms with Crippen molar-refractivity contribution in [2.24, 2.45) is 0 Å². The van der Waals surface area contributed by atoms with Crippen LogP contribution in [0.5, 0.6) is 5.75 Å². The van der Waals surface area contributed by atoms with E-state index in [0.29, 0.717) is 13.1 Å². The van der Waals surface area contributed by atoms with Crippen LogP contribution < -0.4 is 20.7 Å². The number of benzene rings is 2. The van der Waals surface area contributed by atoms with Gasteiger partial charge in [-0.15, -0.1) is 11.3 Å². The van der Waals surface area contributed by atoms with Gasteiger partial charge in [-0.2, -0.15) is 0 Å². The highest BCUT2D eigenvalue weighted by Gasteiger charge is 2.20. The molecule has 8 heteroatoms. The Hall–Kier alpha value is -3.78. The third-order valence-electron chi connectivity index (χ3n) is 5.41. The van der Waals surface area contributed by atoms with Crippen molar-refractivity contribution in [2.75, 3.05) is 20.2 Å². The summed E-state index contributed by atoms with van der Waals surface area (Å²) in [5.41, 5.74) is 3.14. The molecule has 0 aliphatic heterocycles. The van der Waals surface area contributed by atoms with E-state index in [4.69, 9.17) is 4.74 Å². The van der Waals surface area contributed by atoms with Crippen molar-refractivity contribution in [3.8, 4) is 5.75 Å². The fourth-order valence-corrected chi connectivity index (χ4v) is 4.51. The van der Waals surface area contributed by atoms with Crippen molar-refractivity contribution in [2.45, 2.75) is 12.5 Å². The average Bonchev–Trinajstić information content (AvgIpc) is 3.53. The molecule has 0 radical (unpaired) electrons. The molecule has 0 aliphatic carbocycles. The van der Waals surface area contributed by atoms with Gasteiger partial charge in [-0.05, 0) is 40.8 Å². The number of H-pyrrole nitrogens is 1. The molecule has 2 heterocycles. The fourth-order valence-electron chi connectivity index (χ4n) is 3.66. The summed E-state index contributed by atoms with van der Waals surface area (Å²) in [6.45, 7) is 0.702. The number of ether oxygens (including phenoxy) is 1. The first-order valence-corrected chi connectivity index (χ1v) is 11.5. The summed E-state index contributed by atoms with van der Waals surface area (Å²) >= 11 is 1.66. The van der Waals surface area contributed by atoms with E-state index in [-0.39, 0.29) is 24.4 Å². The summed E-state index contributed by atoms with van der Waals surface area (Å²) < 4.78 is 5.12. The van der Waals surface area contributed by atoms with Crippen molar-refractivity contribution >= 4 is 34.2 Å². The van der Waals surface area contributed by atoms with Gasteiger partial charge in [0, 0.05) is 41.0 Å². The zero-order valence-corrected chi connectivity index (χ0v) is 19.1. The van der Waals surface area contributed by atoms with Crippen molar-refractivity contribution in [1.29, 1.82) is 0 Å². The van der Waals surface area contributed by atoms with Crippen molar-refractivity contribution < 1.29 is 14.3 Å². The molecule has 7 nitrogen and oxygen atoms in total. The van der Waals surface area contributed by atoms with E-state index in [1.807, 2.05) is 60.1 Å². The molecule has 0 saturated heterocycles. The Morgan fingerprint density at radius 3 is 2.58 bits per heavy atom. The number of aromatic nitrogens is 1. The first-order valence-electron chi connectivity index (χ1n) is 10.6. The van der Waals surface area contributed by atoms with Crippen LogP contribution in [-0.2, 0) is 11.3 Å². The Kier molecular flexibility index (Phi) is 7.26. The number of nitrogens with one attached hydrogen (secondary N) is 4. The topological polar surface area (TPSA) is 95.2 Å². The monoisotopic (exact) mass is 462 g/mol. The van der Waals surface area contributed by atoms with E-state index < -0.39 is 0 Å². The standard InChI is InChI=1S/C25H26N4O3S/c1-32-18-10-8-17(9-11-18)13-27-24(30)16-29-25(31)28-15-21(23-7-4-12-33-23)20-14-26-22-6-3-2-5-19(20)22/h2-12,14,21,26H,13,15-16H2,1H3,(H,27,30)(H2,28,29,31). The van der Waals surface area contributed by atoms with Gasteiger partial charge in [-0.25, -0.2) is 4.79 Å². The molecule has 0 bridgehead atoms. The Labute approximate surface area is 196 Å². The minimum Gasteiger partial charge on any atom is -0.497 e. The maximum absolute atomic E-state index is 12.4. The molecule has 0 spiro atoms. The molecule has 4 aromatic rings. The molecule has 0 fully saturated rings. The first-order chi connectivity index (χ1) is 16.1. The molecule has 3 amide bonds.